The Labute approximate surface area is 85.2 Å². The molecule has 0 aliphatic carbocycles. The highest BCUT2D eigenvalue weighted by atomic mass is 16.5. The van der Waals surface area contributed by atoms with Crippen molar-refractivity contribution < 1.29 is 9.47 Å². The van der Waals surface area contributed by atoms with Crippen LogP contribution in [0.1, 0.15) is 19.4 Å². The third-order valence-corrected chi connectivity index (χ3v) is 1.85. The summed E-state index contributed by atoms with van der Waals surface area (Å²) in [5, 5.41) is 0. The molecule has 1 rings (SSSR count). The number of ether oxygens (including phenoxy) is 2. The molecule has 76 valence electrons. The Morgan fingerprint density at radius 1 is 1.29 bits per heavy atom. The Morgan fingerprint density at radius 2 is 2.07 bits per heavy atom. The molecule has 0 atom stereocenters. The Bertz CT molecular complexity index is 316. The molecule has 0 saturated heterocycles. The van der Waals surface area contributed by atoms with Crippen molar-refractivity contribution in [2.75, 3.05) is 13.7 Å². The molecule has 0 spiro atoms. The van der Waals surface area contributed by atoms with E-state index in [-0.39, 0.29) is 0 Å². The summed E-state index contributed by atoms with van der Waals surface area (Å²) >= 11 is 0. The van der Waals surface area contributed by atoms with Crippen LogP contribution in [0.2, 0.25) is 0 Å². The van der Waals surface area contributed by atoms with Crippen molar-refractivity contribution in [1.82, 2.24) is 0 Å². The molecule has 0 aliphatic rings. The van der Waals surface area contributed by atoms with Crippen LogP contribution < -0.4 is 9.47 Å². The number of rotatable bonds is 4. The minimum absolute atomic E-state index is 0.648. The van der Waals surface area contributed by atoms with Gasteiger partial charge in [0.2, 0.25) is 0 Å². The summed E-state index contributed by atoms with van der Waals surface area (Å²) < 4.78 is 10.6. The van der Waals surface area contributed by atoms with Gasteiger partial charge in [-0.3, -0.25) is 0 Å². The van der Waals surface area contributed by atoms with E-state index in [1.807, 2.05) is 44.2 Å². The van der Waals surface area contributed by atoms with Crippen LogP contribution in [0.5, 0.6) is 11.5 Å². The maximum atomic E-state index is 5.46. The zero-order valence-corrected chi connectivity index (χ0v) is 8.91. The van der Waals surface area contributed by atoms with Gasteiger partial charge in [0.1, 0.15) is 0 Å². The van der Waals surface area contributed by atoms with Crippen LogP contribution in [0, 0.1) is 0 Å². The minimum Gasteiger partial charge on any atom is -0.493 e. The third kappa shape index (κ3) is 2.52. The smallest absolute Gasteiger partial charge is 0.161 e. The van der Waals surface area contributed by atoms with Gasteiger partial charge in [0.25, 0.3) is 0 Å². The maximum absolute atomic E-state index is 5.46. The fourth-order valence-corrected chi connectivity index (χ4v) is 1.26. The van der Waals surface area contributed by atoms with Crippen molar-refractivity contribution in [2.24, 2.45) is 0 Å². The summed E-state index contributed by atoms with van der Waals surface area (Å²) in [6.07, 6.45) is 4.03. The van der Waals surface area contributed by atoms with Gasteiger partial charge in [-0.2, -0.15) is 0 Å². The second-order valence-electron chi connectivity index (χ2n) is 2.84. The molecule has 0 N–H and O–H groups in total. The lowest BCUT2D eigenvalue weighted by molar-refractivity contribution is 0.311. The highest BCUT2D eigenvalue weighted by Crippen LogP contribution is 2.28. The van der Waals surface area contributed by atoms with Gasteiger partial charge in [-0.25, -0.2) is 0 Å². The molecule has 0 aliphatic heterocycles. The van der Waals surface area contributed by atoms with Gasteiger partial charge in [-0.1, -0.05) is 18.2 Å². The van der Waals surface area contributed by atoms with Crippen molar-refractivity contribution in [3.05, 3.63) is 29.8 Å². The van der Waals surface area contributed by atoms with E-state index in [0.717, 1.165) is 17.1 Å². The molecule has 0 heterocycles. The van der Waals surface area contributed by atoms with E-state index in [1.54, 1.807) is 7.11 Å². The largest absolute Gasteiger partial charge is 0.493 e. The molecule has 0 amide bonds. The van der Waals surface area contributed by atoms with Crippen LogP contribution in [0.25, 0.3) is 6.08 Å². The lowest BCUT2D eigenvalue weighted by Crippen LogP contribution is -1.95. The van der Waals surface area contributed by atoms with Crippen LogP contribution in [-0.2, 0) is 0 Å². The molecule has 1 aromatic rings. The molecule has 0 saturated carbocycles. The summed E-state index contributed by atoms with van der Waals surface area (Å²) in [4.78, 5) is 0. The van der Waals surface area contributed by atoms with Crippen LogP contribution in [-0.4, -0.2) is 13.7 Å². The van der Waals surface area contributed by atoms with Crippen LogP contribution in [0.15, 0.2) is 24.3 Å². The van der Waals surface area contributed by atoms with E-state index in [4.69, 9.17) is 9.47 Å². The minimum atomic E-state index is 0.648. The molecule has 0 radical (unpaired) electrons. The fraction of sp³-hybridized carbons (Fsp3) is 0.333. The fourth-order valence-electron chi connectivity index (χ4n) is 1.26. The van der Waals surface area contributed by atoms with Crippen molar-refractivity contribution in [3.8, 4) is 11.5 Å². The number of benzene rings is 1. The molecule has 0 aromatic heterocycles. The average molecular weight is 192 g/mol. The molecule has 2 heteroatoms. The Balaban J connectivity index is 3.00. The first-order chi connectivity index (χ1) is 6.81. The molecule has 1 aromatic carbocycles. The monoisotopic (exact) mass is 192 g/mol. The molecule has 0 bridgehead atoms. The van der Waals surface area contributed by atoms with Gasteiger partial charge >= 0.3 is 0 Å². The summed E-state index contributed by atoms with van der Waals surface area (Å²) in [6, 6.07) is 5.89. The van der Waals surface area contributed by atoms with E-state index in [2.05, 4.69) is 0 Å². The van der Waals surface area contributed by atoms with E-state index in [0.29, 0.717) is 6.61 Å². The summed E-state index contributed by atoms with van der Waals surface area (Å²) in [5.41, 5.74) is 1.12. The van der Waals surface area contributed by atoms with Gasteiger partial charge in [-0.05, 0) is 31.5 Å². The third-order valence-electron chi connectivity index (χ3n) is 1.85. The first-order valence-corrected chi connectivity index (χ1v) is 4.75. The van der Waals surface area contributed by atoms with Crippen molar-refractivity contribution in [1.29, 1.82) is 0 Å². The molecular weight excluding hydrogens is 176 g/mol. The van der Waals surface area contributed by atoms with E-state index < -0.39 is 0 Å². The topological polar surface area (TPSA) is 18.5 Å². The van der Waals surface area contributed by atoms with E-state index in [1.165, 1.54) is 0 Å². The lowest BCUT2D eigenvalue weighted by Gasteiger charge is -2.09. The molecule has 14 heavy (non-hydrogen) atoms. The first kappa shape index (κ1) is 10.6. The maximum Gasteiger partial charge on any atom is 0.161 e. The van der Waals surface area contributed by atoms with Crippen LogP contribution >= 0.6 is 0 Å². The normalized spacial score (nSPS) is 10.5. The summed E-state index contributed by atoms with van der Waals surface area (Å²) in [7, 11) is 1.65. The summed E-state index contributed by atoms with van der Waals surface area (Å²) in [6.45, 7) is 4.60. The zero-order valence-electron chi connectivity index (χ0n) is 8.91. The van der Waals surface area contributed by atoms with Gasteiger partial charge in [0.05, 0.1) is 13.7 Å². The quantitative estimate of drug-likeness (QED) is 0.729. The molecule has 0 unspecified atom stereocenters. The van der Waals surface area contributed by atoms with E-state index >= 15 is 0 Å². The number of hydrogen-bond acceptors (Lipinski definition) is 2. The summed E-state index contributed by atoms with van der Waals surface area (Å²) in [5.74, 6) is 1.57. The number of allylic oxidation sites excluding steroid dienone is 1. The Kier molecular flexibility index (Phi) is 4.05. The van der Waals surface area contributed by atoms with Crippen molar-refractivity contribution >= 4 is 6.08 Å². The van der Waals surface area contributed by atoms with Gasteiger partial charge in [0, 0.05) is 0 Å². The van der Waals surface area contributed by atoms with Crippen LogP contribution in [0.4, 0.5) is 0 Å². The standard InChI is InChI=1S/C12H16O2/c1-4-6-10-7-8-11(13-3)12(9-10)14-5-2/h4,6-9H,5H2,1-3H3/b6-4-. The lowest BCUT2D eigenvalue weighted by atomic mass is 10.2. The van der Waals surface area contributed by atoms with Crippen molar-refractivity contribution in [2.45, 2.75) is 13.8 Å². The second kappa shape index (κ2) is 5.32. The molecule has 2 nitrogen and oxygen atoms in total. The molecule has 0 fully saturated rings. The second-order valence-corrected chi connectivity index (χ2v) is 2.84. The van der Waals surface area contributed by atoms with Crippen LogP contribution in [0.3, 0.4) is 0 Å². The predicted molar refractivity (Wildman–Crippen MR) is 58.9 cm³/mol. The zero-order chi connectivity index (χ0) is 10.4. The highest BCUT2D eigenvalue weighted by Gasteiger charge is 2.02. The first-order valence-electron chi connectivity index (χ1n) is 4.75. The van der Waals surface area contributed by atoms with E-state index in [9.17, 15) is 0 Å². The highest BCUT2D eigenvalue weighted by molar-refractivity contribution is 5.55. The SMILES string of the molecule is C/C=C\c1ccc(OC)c(OCC)c1. The number of hydrogen-bond donors (Lipinski definition) is 0. The van der Waals surface area contributed by atoms with Crippen molar-refractivity contribution in [3.63, 3.8) is 0 Å². The van der Waals surface area contributed by atoms with Gasteiger partial charge in [-0.15, -0.1) is 0 Å². The predicted octanol–water partition coefficient (Wildman–Crippen LogP) is 3.13. The molecular formula is C12H16O2. The van der Waals surface area contributed by atoms with Gasteiger partial charge < -0.3 is 9.47 Å². The number of methoxy groups -OCH3 is 1. The van der Waals surface area contributed by atoms with Gasteiger partial charge in [0.15, 0.2) is 11.5 Å². The Hall–Kier alpha value is -1.44. The Morgan fingerprint density at radius 3 is 2.64 bits per heavy atom. The average Bonchev–Trinajstić information content (AvgIpc) is 2.19.